The lowest BCUT2D eigenvalue weighted by molar-refractivity contribution is -0.141. The van der Waals surface area contributed by atoms with Gasteiger partial charge in [0, 0.05) is 25.6 Å². The first kappa shape index (κ1) is 17.9. The third-order valence-corrected chi connectivity index (χ3v) is 3.29. The van der Waals surface area contributed by atoms with Gasteiger partial charge in [-0.05, 0) is 25.1 Å². The highest BCUT2D eigenvalue weighted by Crippen LogP contribution is 2.17. The Labute approximate surface area is 131 Å². The molecule has 1 aromatic carbocycles. The van der Waals surface area contributed by atoms with E-state index in [0.717, 1.165) is 11.0 Å². The molecule has 2 amide bonds. The van der Waals surface area contributed by atoms with Crippen LogP contribution in [0.25, 0.3) is 0 Å². The topological polar surface area (TPSA) is 86.7 Å². The predicted molar refractivity (Wildman–Crippen MR) is 78.2 cm³/mol. The van der Waals surface area contributed by atoms with Crippen LogP contribution in [-0.4, -0.2) is 46.9 Å². The molecule has 0 spiro atoms. The molecule has 0 aliphatic heterocycles. The number of benzene rings is 1. The van der Waals surface area contributed by atoms with E-state index in [1.54, 1.807) is 0 Å². The van der Waals surface area contributed by atoms with Crippen LogP contribution < -0.4 is 5.32 Å². The molecule has 1 unspecified atom stereocenters. The van der Waals surface area contributed by atoms with Crippen molar-refractivity contribution in [2.75, 3.05) is 13.1 Å². The molecule has 0 radical (unpaired) electrons. The molecule has 1 atom stereocenters. The molecule has 0 heterocycles. The number of aliphatic carboxylic acids is 1. The van der Waals surface area contributed by atoms with Gasteiger partial charge in [-0.25, -0.2) is 9.18 Å². The molecule has 120 valence electrons. The van der Waals surface area contributed by atoms with Crippen molar-refractivity contribution in [1.82, 2.24) is 10.2 Å². The van der Waals surface area contributed by atoms with Crippen LogP contribution in [0.15, 0.2) is 18.2 Å². The van der Waals surface area contributed by atoms with Crippen molar-refractivity contribution in [1.29, 1.82) is 0 Å². The summed E-state index contributed by atoms with van der Waals surface area (Å²) in [5.74, 6) is -2.92. The van der Waals surface area contributed by atoms with Crippen LogP contribution in [0.3, 0.4) is 0 Å². The van der Waals surface area contributed by atoms with Crippen LogP contribution in [0.2, 0.25) is 5.02 Å². The SMILES string of the molecule is CC(=O)NCCN(C(=O)c1ccc(Cl)c(F)c1)C(C)C(=O)O. The highest BCUT2D eigenvalue weighted by molar-refractivity contribution is 6.30. The smallest absolute Gasteiger partial charge is 0.326 e. The maximum atomic E-state index is 13.4. The number of carbonyl (C=O) groups excluding carboxylic acids is 2. The lowest BCUT2D eigenvalue weighted by atomic mass is 10.1. The summed E-state index contributed by atoms with van der Waals surface area (Å²) >= 11 is 5.55. The molecule has 0 aliphatic rings. The van der Waals surface area contributed by atoms with Gasteiger partial charge in [0.1, 0.15) is 11.9 Å². The fourth-order valence-electron chi connectivity index (χ4n) is 1.75. The Bertz CT molecular complexity index is 594. The van der Waals surface area contributed by atoms with Gasteiger partial charge in [-0.1, -0.05) is 11.6 Å². The third kappa shape index (κ3) is 4.70. The molecule has 1 rings (SSSR count). The van der Waals surface area contributed by atoms with Crippen LogP contribution in [-0.2, 0) is 9.59 Å². The first-order valence-corrected chi connectivity index (χ1v) is 6.85. The zero-order chi connectivity index (χ0) is 16.9. The fraction of sp³-hybridized carbons (Fsp3) is 0.357. The summed E-state index contributed by atoms with van der Waals surface area (Å²) in [6.07, 6.45) is 0. The zero-order valence-electron chi connectivity index (χ0n) is 12.1. The molecule has 0 saturated heterocycles. The summed E-state index contributed by atoms with van der Waals surface area (Å²) < 4.78 is 13.4. The second-order valence-corrected chi connectivity index (χ2v) is 5.03. The van der Waals surface area contributed by atoms with Gasteiger partial charge in [0.05, 0.1) is 5.02 Å². The van der Waals surface area contributed by atoms with Gasteiger partial charge in [0.2, 0.25) is 5.91 Å². The Kier molecular flexibility index (Phi) is 6.30. The average Bonchev–Trinajstić information content (AvgIpc) is 2.44. The number of carboxylic acids is 1. The largest absolute Gasteiger partial charge is 0.480 e. The Morgan fingerprint density at radius 2 is 2.05 bits per heavy atom. The molecule has 0 bridgehead atoms. The second-order valence-electron chi connectivity index (χ2n) is 4.62. The van der Waals surface area contributed by atoms with Crippen molar-refractivity contribution in [3.05, 3.63) is 34.6 Å². The van der Waals surface area contributed by atoms with E-state index < -0.39 is 23.7 Å². The number of nitrogens with one attached hydrogen (secondary N) is 1. The summed E-state index contributed by atoms with van der Waals surface area (Å²) in [6, 6.07) is 2.36. The van der Waals surface area contributed by atoms with Crippen LogP contribution in [0, 0.1) is 5.82 Å². The zero-order valence-corrected chi connectivity index (χ0v) is 12.9. The quantitative estimate of drug-likeness (QED) is 0.828. The van der Waals surface area contributed by atoms with E-state index in [2.05, 4.69) is 5.32 Å². The monoisotopic (exact) mass is 330 g/mol. The van der Waals surface area contributed by atoms with Gasteiger partial charge in [-0.15, -0.1) is 0 Å². The molecule has 0 saturated carbocycles. The van der Waals surface area contributed by atoms with Crippen LogP contribution in [0.1, 0.15) is 24.2 Å². The normalized spacial score (nSPS) is 11.6. The fourth-order valence-corrected chi connectivity index (χ4v) is 1.87. The van der Waals surface area contributed by atoms with Gasteiger partial charge in [-0.2, -0.15) is 0 Å². The molecular weight excluding hydrogens is 315 g/mol. The highest BCUT2D eigenvalue weighted by Gasteiger charge is 2.26. The molecule has 0 fully saturated rings. The third-order valence-electron chi connectivity index (χ3n) is 2.98. The maximum Gasteiger partial charge on any atom is 0.326 e. The van der Waals surface area contributed by atoms with E-state index >= 15 is 0 Å². The molecule has 0 aliphatic carbocycles. The Morgan fingerprint density at radius 1 is 1.41 bits per heavy atom. The summed E-state index contributed by atoms with van der Waals surface area (Å²) in [6.45, 7) is 2.71. The lowest BCUT2D eigenvalue weighted by Gasteiger charge is -2.26. The predicted octanol–water partition coefficient (Wildman–Crippen LogP) is 1.53. The molecule has 0 aromatic heterocycles. The Morgan fingerprint density at radius 3 is 2.55 bits per heavy atom. The molecule has 6 nitrogen and oxygen atoms in total. The number of rotatable bonds is 6. The van der Waals surface area contributed by atoms with Crippen molar-refractivity contribution in [3.63, 3.8) is 0 Å². The second kappa shape index (κ2) is 7.74. The number of amides is 2. The van der Waals surface area contributed by atoms with Crippen molar-refractivity contribution in [2.24, 2.45) is 0 Å². The van der Waals surface area contributed by atoms with Gasteiger partial charge in [0.25, 0.3) is 5.91 Å². The van der Waals surface area contributed by atoms with E-state index in [4.69, 9.17) is 16.7 Å². The van der Waals surface area contributed by atoms with Gasteiger partial charge < -0.3 is 15.3 Å². The van der Waals surface area contributed by atoms with Crippen LogP contribution in [0.4, 0.5) is 4.39 Å². The summed E-state index contributed by atoms with van der Waals surface area (Å²) in [7, 11) is 0. The summed E-state index contributed by atoms with van der Waals surface area (Å²) in [4.78, 5) is 35.4. The standard InChI is InChI=1S/C14H16ClFN2O4/c1-8(14(21)22)18(6-5-17-9(2)19)13(20)10-3-4-11(15)12(16)7-10/h3-4,7-8H,5-6H2,1-2H3,(H,17,19)(H,21,22). The summed E-state index contributed by atoms with van der Waals surface area (Å²) in [5, 5.41) is 11.4. The molecule has 1 aromatic rings. The molecule has 2 N–H and O–H groups in total. The highest BCUT2D eigenvalue weighted by atomic mass is 35.5. The van der Waals surface area contributed by atoms with E-state index in [1.165, 1.54) is 26.0 Å². The Hall–Kier alpha value is -2.15. The van der Waals surface area contributed by atoms with Crippen molar-refractivity contribution in [3.8, 4) is 0 Å². The van der Waals surface area contributed by atoms with Crippen molar-refractivity contribution >= 4 is 29.4 Å². The first-order valence-electron chi connectivity index (χ1n) is 6.47. The average molecular weight is 331 g/mol. The number of carboxylic acid groups (broad SMARTS) is 1. The number of hydrogen-bond donors (Lipinski definition) is 2. The van der Waals surface area contributed by atoms with E-state index in [0.29, 0.717) is 0 Å². The van der Waals surface area contributed by atoms with Gasteiger partial charge in [-0.3, -0.25) is 9.59 Å². The van der Waals surface area contributed by atoms with Gasteiger partial charge in [0.15, 0.2) is 0 Å². The van der Waals surface area contributed by atoms with Gasteiger partial charge >= 0.3 is 5.97 Å². The van der Waals surface area contributed by atoms with E-state index in [1.807, 2.05) is 0 Å². The molecule has 22 heavy (non-hydrogen) atoms. The van der Waals surface area contributed by atoms with Crippen LogP contribution in [0.5, 0.6) is 0 Å². The Balaban J connectivity index is 2.97. The minimum atomic E-state index is -1.20. The molecule has 8 heteroatoms. The maximum absolute atomic E-state index is 13.4. The van der Waals surface area contributed by atoms with Crippen molar-refractivity contribution < 1.29 is 23.9 Å². The minimum absolute atomic E-state index is 0.0159. The number of nitrogens with zero attached hydrogens (tertiary/aromatic N) is 1. The van der Waals surface area contributed by atoms with Crippen molar-refractivity contribution in [2.45, 2.75) is 19.9 Å². The molecular formula is C14H16ClFN2O4. The van der Waals surface area contributed by atoms with E-state index in [9.17, 15) is 18.8 Å². The van der Waals surface area contributed by atoms with Crippen LogP contribution >= 0.6 is 11.6 Å². The minimum Gasteiger partial charge on any atom is -0.480 e. The summed E-state index contributed by atoms with van der Waals surface area (Å²) in [5.41, 5.74) is -0.0159. The number of hydrogen-bond acceptors (Lipinski definition) is 3. The lowest BCUT2D eigenvalue weighted by Crippen LogP contribution is -2.46. The van der Waals surface area contributed by atoms with E-state index in [-0.39, 0.29) is 29.6 Å². The first-order chi connectivity index (χ1) is 10.2. The number of carbonyl (C=O) groups is 3. The number of halogens is 2.